The molecule has 0 bridgehead atoms. The van der Waals surface area contributed by atoms with Crippen molar-refractivity contribution in [2.75, 3.05) is 0 Å². The average Bonchev–Trinajstić information content (AvgIpc) is 3.39. The SMILES string of the molecule is CCCCc1ccc(-c2ccc(C(CC)(CC)c3ccc(CCC(O[Si](C)(C)C(C)(C)C)C(C)(C)C)c(C)c3)cc2C)o1. The Morgan fingerprint density at radius 3 is 1.88 bits per heavy atom. The van der Waals surface area contributed by atoms with Crippen molar-refractivity contribution in [3.05, 3.63) is 82.1 Å². The van der Waals surface area contributed by atoms with Gasteiger partial charge in [0.05, 0.1) is 6.10 Å². The molecule has 238 valence electrons. The lowest BCUT2D eigenvalue weighted by atomic mass is 9.69. The summed E-state index contributed by atoms with van der Waals surface area (Å²) in [6.07, 6.45) is 7.84. The highest BCUT2D eigenvalue weighted by molar-refractivity contribution is 6.74. The van der Waals surface area contributed by atoms with E-state index in [1.54, 1.807) is 0 Å². The van der Waals surface area contributed by atoms with Gasteiger partial charge in [0.15, 0.2) is 8.32 Å². The van der Waals surface area contributed by atoms with Crippen LogP contribution >= 0.6 is 0 Å². The van der Waals surface area contributed by atoms with Gasteiger partial charge in [-0.25, -0.2) is 0 Å². The second-order valence-corrected chi connectivity index (χ2v) is 20.4. The van der Waals surface area contributed by atoms with E-state index in [9.17, 15) is 0 Å². The lowest BCUT2D eigenvalue weighted by Crippen LogP contribution is -2.47. The molecule has 3 rings (SSSR count). The van der Waals surface area contributed by atoms with Gasteiger partial charge in [-0.2, -0.15) is 0 Å². The molecule has 0 saturated carbocycles. The molecule has 0 amide bonds. The number of hydrogen-bond donors (Lipinski definition) is 0. The van der Waals surface area contributed by atoms with E-state index in [-0.39, 0.29) is 22.0 Å². The third kappa shape index (κ3) is 8.14. The van der Waals surface area contributed by atoms with E-state index in [1.807, 2.05) is 0 Å². The summed E-state index contributed by atoms with van der Waals surface area (Å²) in [5.74, 6) is 2.08. The van der Waals surface area contributed by atoms with Gasteiger partial charge in [-0.05, 0) is 109 Å². The molecule has 1 unspecified atom stereocenters. The van der Waals surface area contributed by atoms with Gasteiger partial charge in [-0.3, -0.25) is 0 Å². The molecule has 0 aliphatic heterocycles. The van der Waals surface area contributed by atoms with E-state index in [0.29, 0.717) is 0 Å². The maximum absolute atomic E-state index is 7.00. The van der Waals surface area contributed by atoms with Gasteiger partial charge in [0.1, 0.15) is 11.5 Å². The van der Waals surface area contributed by atoms with Gasteiger partial charge in [0, 0.05) is 17.4 Å². The smallest absolute Gasteiger partial charge is 0.192 e. The normalized spacial score (nSPS) is 13.9. The fraction of sp³-hybridized carbons (Fsp3) is 0.600. The van der Waals surface area contributed by atoms with Crippen molar-refractivity contribution in [2.45, 2.75) is 151 Å². The van der Waals surface area contributed by atoms with E-state index < -0.39 is 8.32 Å². The number of rotatable bonds is 13. The molecule has 1 aromatic heterocycles. The van der Waals surface area contributed by atoms with Crippen molar-refractivity contribution in [2.24, 2.45) is 5.41 Å². The van der Waals surface area contributed by atoms with Gasteiger partial charge in [0.2, 0.25) is 0 Å². The van der Waals surface area contributed by atoms with E-state index >= 15 is 0 Å². The Hall–Kier alpha value is -2.10. The number of hydrogen-bond acceptors (Lipinski definition) is 2. The van der Waals surface area contributed by atoms with Crippen LogP contribution in [0.3, 0.4) is 0 Å². The zero-order valence-corrected chi connectivity index (χ0v) is 31.0. The summed E-state index contributed by atoms with van der Waals surface area (Å²) in [6.45, 7) is 30.2. The molecule has 0 spiro atoms. The zero-order chi connectivity index (χ0) is 32.2. The predicted molar refractivity (Wildman–Crippen MR) is 190 cm³/mol. The zero-order valence-electron chi connectivity index (χ0n) is 30.0. The Morgan fingerprint density at radius 2 is 1.37 bits per heavy atom. The van der Waals surface area contributed by atoms with Crippen LogP contribution in [-0.4, -0.2) is 14.4 Å². The maximum Gasteiger partial charge on any atom is 0.192 e. The molecule has 0 N–H and O–H groups in total. The Kier molecular flexibility index (Phi) is 11.4. The van der Waals surface area contributed by atoms with Gasteiger partial charge in [-0.15, -0.1) is 0 Å². The van der Waals surface area contributed by atoms with Crippen molar-refractivity contribution in [1.82, 2.24) is 0 Å². The maximum atomic E-state index is 7.00. The van der Waals surface area contributed by atoms with Crippen LogP contribution in [-0.2, 0) is 22.7 Å². The summed E-state index contributed by atoms with van der Waals surface area (Å²) in [4.78, 5) is 0. The number of furan rings is 1. The molecule has 0 saturated heterocycles. The molecule has 0 radical (unpaired) electrons. The molecular weight excluding hydrogens is 541 g/mol. The second-order valence-electron chi connectivity index (χ2n) is 15.6. The molecule has 0 fully saturated rings. The van der Waals surface area contributed by atoms with Gasteiger partial charge in [0.25, 0.3) is 0 Å². The van der Waals surface area contributed by atoms with E-state index in [4.69, 9.17) is 8.84 Å². The second kappa shape index (κ2) is 13.9. The summed E-state index contributed by atoms with van der Waals surface area (Å²) >= 11 is 0. The van der Waals surface area contributed by atoms with Crippen LogP contribution in [0.5, 0.6) is 0 Å². The molecule has 2 aromatic carbocycles. The summed E-state index contributed by atoms with van der Waals surface area (Å²) in [5.41, 5.74) is 8.25. The van der Waals surface area contributed by atoms with Crippen LogP contribution in [0.4, 0.5) is 0 Å². The van der Waals surface area contributed by atoms with Crippen molar-refractivity contribution in [1.29, 1.82) is 0 Å². The Morgan fingerprint density at radius 1 is 0.767 bits per heavy atom. The van der Waals surface area contributed by atoms with Crippen LogP contribution in [0.15, 0.2) is 52.9 Å². The first-order valence-electron chi connectivity index (χ1n) is 17.0. The minimum atomic E-state index is -1.85. The molecule has 0 aliphatic carbocycles. The standard InChI is InChI=1S/C40H62O2Si/c1-14-17-18-34-23-25-36(41-34)35-24-22-33(28-30(35)5)40(15-2,16-3)32-21-19-31(29(4)27-32)20-26-37(38(6,7)8)42-43(12,13)39(9,10)11/h19,21-25,27-28,37H,14-18,20,26H2,1-13H3. The van der Waals surface area contributed by atoms with E-state index in [0.717, 1.165) is 43.6 Å². The van der Waals surface area contributed by atoms with Crippen LogP contribution in [0, 0.1) is 19.3 Å². The van der Waals surface area contributed by atoms with Crippen LogP contribution in [0.2, 0.25) is 18.1 Å². The number of unbranched alkanes of at least 4 members (excludes halogenated alkanes) is 1. The molecule has 1 heterocycles. The van der Waals surface area contributed by atoms with E-state index in [1.165, 1.54) is 46.2 Å². The minimum absolute atomic E-state index is 0.0125. The Bertz CT molecular complexity index is 1330. The van der Waals surface area contributed by atoms with E-state index in [2.05, 4.69) is 138 Å². The van der Waals surface area contributed by atoms with Crippen molar-refractivity contribution in [3.8, 4) is 11.3 Å². The fourth-order valence-electron chi connectivity index (χ4n) is 6.24. The molecule has 0 aliphatic rings. The highest BCUT2D eigenvalue weighted by atomic mass is 28.4. The molecule has 1 atom stereocenters. The molecule has 43 heavy (non-hydrogen) atoms. The van der Waals surface area contributed by atoms with Crippen LogP contribution in [0.1, 0.15) is 128 Å². The predicted octanol–water partition coefficient (Wildman–Crippen LogP) is 12.4. The highest BCUT2D eigenvalue weighted by Crippen LogP contribution is 2.43. The van der Waals surface area contributed by atoms with Crippen molar-refractivity contribution < 1.29 is 8.84 Å². The third-order valence-corrected chi connectivity index (χ3v) is 15.0. The highest BCUT2D eigenvalue weighted by Gasteiger charge is 2.41. The Labute approximate surface area is 266 Å². The summed E-state index contributed by atoms with van der Waals surface area (Å²) in [5, 5.41) is 0.212. The van der Waals surface area contributed by atoms with Gasteiger partial charge in [-0.1, -0.05) is 105 Å². The monoisotopic (exact) mass is 602 g/mol. The van der Waals surface area contributed by atoms with Gasteiger partial charge >= 0.3 is 0 Å². The first-order valence-corrected chi connectivity index (χ1v) is 19.9. The Balaban J connectivity index is 1.87. The van der Waals surface area contributed by atoms with Gasteiger partial charge < -0.3 is 8.84 Å². The largest absolute Gasteiger partial charge is 0.461 e. The van der Waals surface area contributed by atoms with Crippen molar-refractivity contribution >= 4 is 8.32 Å². The first-order chi connectivity index (χ1) is 20.0. The molecular formula is C40H62O2Si. The summed E-state index contributed by atoms with van der Waals surface area (Å²) in [7, 11) is -1.85. The molecule has 3 heteroatoms. The quantitative estimate of drug-likeness (QED) is 0.182. The topological polar surface area (TPSA) is 22.4 Å². The molecule has 2 nitrogen and oxygen atoms in total. The summed E-state index contributed by atoms with van der Waals surface area (Å²) < 4.78 is 13.2. The molecule has 3 aromatic rings. The summed E-state index contributed by atoms with van der Waals surface area (Å²) in [6, 6.07) is 18.6. The van der Waals surface area contributed by atoms with Crippen LogP contribution in [0.25, 0.3) is 11.3 Å². The lowest BCUT2D eigenvalue weighted by molar-refractivity contribution is 0.0657. The minimum Gasteiger partial charge on any atom is -0.461 e. The van der Waals surface area contributed by atoms with Crippen molar-refractivity contribution in [3.63, 3.8) is 0 Å². The number of benzene rings is 2. The third-order valence-electron chi connectivity index (χ3n) is 10.5. The number of aryl methyl sites for hydroxylation is 4. The first kappa shape index (κ1) is 35.4. The average molecular weight is 603 g/mol. The van der Waals surface area contributed by atoms with Crippen LogP contribution < -0.4 is 0 Å². The fourth-order valence-corrected chi connectivity index (χ4v) is 7.78. The lowest BCUT2D eigenvalue weighted by Gasteiger charge is -2.43.